The Kier molecular flexibility index (Phi) is 4.06. The number of carbonyl (C=O) groups is 1. The van der Waals surface area contributed by atoms with E-state index in [9.17, 15) is 4.79 Å². The first-order valence-corrected chi connectivity index (χ1v) is 5.60. The number of aromatic nitrogens is 2. The van der Waals surface area contributed by atoms with Gasteiger partial charge in [0.15, 0.2) is 5.78 Å². The van der Waals surface area contributed by atoms with E-state index in [-0.39, 0.29) is 5.78 Å². The van der Waals surface area contributed by atoms with Gasteiger partial charge in [0.2, 0.25) is 0 Å². The molecule has 0 aliphatic carbocycles. The fourth-order valence-corrected chi connectivity index (χ4v) is 1.58. The first-order valence-electron chi connectivity index (χ1n) is 5.60. The van der Waals surface area contributed by atoms with Gasteiger partial charge in [0.25, 0.3) is 0 Å². The molecule has 0 aliphatic rings. The van der Waals surface area contributed by atoms with E-state index in [0.717, 1.165) is 24.1 Å². The van der Waals surface area contributed by atoms with Crippen LogP contribution >= 0.6 is 0 Å². The molecular weight excluding hydrogens is 188 g/mol. The Labute approximate surface area is 91.5 Å². The van der Waals surface area contributed by atoms with Crippen molar-refractivity contribution in [1.82, 2.24) is 9.78 Å². The second-order valence-electron chi connectivity index (χ2n) is 4.37. The van der Waals surface area contributed by atoms with E-state index in [2.05, 4.69) is 18.9 Å². The molecule has 0 bridgehead atoms. The Morgan fingerprint density at radius 3 is 2.73 bits per heavy atom. The molecule has 3 nitrogen and oxygen atoms in total. The molecule has 1 aromatic heterocycles. The van der Waals surface area contributed by atoms with Crippen LogP contribution in [0.4, 0.5) is 0 Å². The summed E-state index contributed by atoms with van der Waals surface area (Å²) in [4.78, 5) is 11.9. The summed E-state index contributed by atoms with van der Waals surface area (Å²) in [6, 6.07) is 0. The topological polar surface area (TPSA) is 34.9 Å². The number of hydrogen-bond donors (Lipinski definition) is 0. The molecule has 0 fully saturated rings. The second kappa shape index (κ2) is 5.10. The summed E-state index contributed by atoms with van der Waals surface area (Å²) in [6.45, 7) is 6.30. The van der Waals surface area contributed by atoms with Gasteiger partial charge in [-0.1, -0.05) is 20.8 Å². The molecule has 0 atom stereocenters. The number of hydrogen-bond acceptors (Lipinski definition) is 2. The van der Waals surface area contributed by atoms with Gasteiger partial charge in [0.1, 0.15) is 0 Å². The third-order valence-corrected chi connectivity index (χ3v) is 2.49. The molecule has 0 saturated heterocycles. The monoisotopic (exact) mass is 208 g/mol. The van der Waals surface area contributed by atoms with Crippen LogP contribution in [-0.2, 0) is 13.5 Å². The normalized spacial score (nSPS) is 11.0. The first kappa shape index (κ1) is 12.0. The summed E-state index contributed by atoms with van der Waals surface area (Å²) >= 11 is 0. The van der Waals surface area contributed by atoms with Gasteiger partial charge in [-0.25, -0.2) is 0 Å². The van der Waals surface area contributed by atoms with Gasteiger partial charge in [-0.05, 0) is 18.8 Å². The molecule has 0 radical (unpaired) electrons. The summed E-state index contributed by atoms with van der Waals surface area (Å²) < 4.78 is 1.72. The molecule has 0 unspecified atom stereocenters. The molecular formula is C12H20N2O. The minimum absolute atomic E-state index is 0.230. The third kappa shape index (κ3) is 3.18. The Bertz CT molecular complexity index is 339. The summed E-state index contributed by atoms with van der Waals surface area (Å²) in [5, 5.41) is 4.27. The second-order valence-corrected chi connectivity index (χ2v) is 4.37. The van der Waals surface area contributed by atoms with Crippen LogP contribution in [0.1, 0.15) is 49.7 Å². The zero-order valence-corrected chi connectivity index (χ0v) is 10.1. The van der Waals surface area contributed by atoms with Crippen molar-refractivity contribution in [3.8, 4) is 0 Å². The van der Waals surface area contributed by atoms with Crippen LogP contribution in [0.5, 0.6) is 0 Å². The molecule has 0 saturated carbocycles. The largest absolute Gasteiger partial charge is 0.294 e. The average Bonchev–Trinajstić information content (AvgIpc) is 2.56. The van der Waals surface area contributed by atoms with Crippen LogP contribution in [-0.4, -0.2) is 15.6 Å². The molecule has 0 spiro atoms. The highest BCUT2D eigenvalue weighted by molar-refractivity contribution is 5.96. The molecule has 0 N–H and O–H groups in total. The number of Topliss-reactive ketones (excluding diaryl/α,β-unsaturated/α-hetero) is 1. The van der Waals surface area contributed by atoms with Crippen LogP contribution in [0, 0.1) is 5.92 Å². The number of ketones is 1. The lowest BCUT2D eigenvalue weighted by molar-refractivity contribution is 0.0974. The van der Waals surface area contributed by atoms with Crippen LogP contribution < -0.4 is 0 Å². The highest BCUT2D eigenvalue weighted by Gasteiger charge is 2.14. The third-order valence-electron chi connectivity index (χ3n) is 2.49. The predicted octanol–water partition coefficient (Wildman–Crippen LogP) is 2.60. The van der Waals surface area contributed by atoms with E-state index in [1.807, 2.05) is 20.2 Å². The minimum atomic E-state index is 0.230. The van der Waals surface area contributed by atoms with E-state index < -0.39 is 0 Å². The maximum absolute atomic E-state index is 11.9. The van der Waals surface area contributed by atoms with E-state index in [1.54, 1.807) is 4.68 Å². The zero-order chi connectivity index (χ0) is 11.4. The van der Waals surface area contributed by atoms with Crippen molar-refractivity contribution in [2.24, 2.45) is 13.0 Å². The van der Waals surface area contributed by atoms with E-state index >= 15 is 0 Å². The zero-order valence-electron chi connectivity index (χ0n) is 10.1. The van der Waals surface area contributed by atoms with Gasteiger partial charge in [0.05, 0.1) is 11.3 Å². The molecule has 1 aromatic rings. The lowest BCUT2D eigenvalue weighted by Gasteiger charge is -2.03. The first-order chi connectivity index (χ1) is 7.04. The molecule has 1 rings (SSSR count). The van der Waals surface area contributed by atoms with Crippen molar-refractivity contribution in [2.75, 3.05) is 0 Å². The van der Waals surface area contributed by atoms with Gasteiger partial charge < -0.3 is 0 Å². The molecule has 1 heterocycles. The lowest BCUT2D eigenvalue weighted by atomic mass is 10.0. The quantitative estimate of drug-likeness (QED) is 0.697. The highest BCUT2D eigenvalue weighted by Crippen LogP contribution is 2.13. The summed E-state index contributed by atoms with van der Waals surface area (Å²) in [5.74, 6) is 0.810. The maximum Gasteiger partial charge on any atom is 0.166 e. The lowest BCUT2D eigenvalue weighted by Crippen LogP contribution is -2.03. The Morgan fingerprint density at radius 1 is 1.53 bits per heavy atom. The molecule has 0 amide bonds. The van der Waals surface area contributed by atoms with Crippen molar-refractivity contribution in [1.29, 1.82) is 0 Å². The van der Waals surface area contributed by atoms with Crippen molar-refractivity contribution < 1.29 is 4.79 Å². The van der Waals surface area contributed by atoms with Crippen LogP contribution in [0.3, 0.4) is 0 Å². The van der Waals surface area contributed by atoms with Crippen molar-refractivity contribution in [3.05, 3.63) is 17.5 Å². The van der Waals surface area contributed by atoms with Crippen molar-refractivity contribution in [3.63, 3.8) is 0 Å². The molecule has 15 heavy (non-hydrogen) atoms. The van der Waals surface area contributed by atoms with E-state index in [4.69, 9.17) is 0 Å². The maximum atomic E-state index is 11.9. The van der Waals surface area contributed by atoms with Gasteiger partial charge in [0, 0.05) is 19.7 Å². The standard InChI is InChI=1S/C12H20N2O/c1-5-11-10(8-14(4)13-11)12(15)7-6-9(2)3/h8-9H,5-7H2,1-4H3. The summed E-state index contributed by atoms with van der Waals surface area (Å²) in [6.07, 6.45) is 4.25. The van der Waals surface area contributed by atoms with E-state index in [1.165, 1.54) is 0 Å². The number of aryl methyl sites for hydroxylation is 2. The van der Waals surface area contributed by atoms with E-state index in [0.29, 0.717) is 12.3 Å². The number of carbonyl (C=O) groups excluding carboxylic acids is 1. The number of nitrogens with zero attached hydrogens (tertiary/aromatic N) is 2. The van der Waals surface area contributed by atoms with Crippen LogP contribution in [0.2, 0.25) is 0 Å². The van der Waals surface area contributed by atoms with Gasteiger partial charge in [-0.2, -0.15) is 5.10 Å². The molecule has 84 valence electrons. The molecule has 3 heteroatoms. The highest BCUT2D eigenvalue weighted by atomic mass is 16.1. The summed E-state index contributed by atoms with van der Waals surface area (Å²) in [5.41, 5.74) is 1.73. The van der Waals surface area contributed by atoms with Crippen LogP contribution in [0.25, 0.3) is 0 Å². The van der Waals surface area contributed by atoms with Gasteiger partial charge >= 0.3 is 0 Å². The summed E-state index contributed by atoms with van der Waals surface area (Å²) in [7, 11) is 1.86. The SMILES string of the molecule is CCc1nn(C)cc1C(=O)CCC(C)C. The minimum Gasteiger partial charge on any atom is -0.294 e. The van der Waals surface area contributed by atoms with Crippen LogP contribution in [0.15, 0.2) is 6.20 Å². The van der Waals surface area contributed by atoms with Gasteiger partial charge in [-0.15, -0.1) is 0 Å². The molecule has 0 aromatic carbocycles. The van der Waals surface area contributed by atoms with Gasteiger partial charge in [-0.3, -0.25) is 9.48 Å². The van der Waals surface area contributed by atoms with Crippen molar-refractivity contribution in [2.45, 2.75) is 40.0 Å². The molecule has 0 aliphatic heterocycles. The average molecular weight is 208 g/mol. The predicted molar refractivity (Wildman–Crippen MR) is 61.0 cm³/mol. The number of rotatable bonds is 5. The fourth-order valence-electron chi connectivity index (χ4n) is 1.58. The fraction of sp³-hybridized carbons (Fsp3) is 0.667. The smallest absolute Gasteiger partial charge is 0.166 e. The van der Waals surface area contributed by atoms with Crippen molar-refractivity contribution >= 4 is 5.78 Å². The Balaban J connectivity index is 2.72. The Morgan fingerprint density at radius 2 is 2.20 bits per heavy atom. The Hall–Kier alpha value is -1.12.